The van der Waals surface area contributed by atoms with Crippen molar-refractivity contribution in [1.29, 1.82) is 0 Å². The lowest BCUT2D eigenvalue weighted by molar-refractivity contribution is 0.0988. The minimum absolute atomic E-state index is 0.165. The van der Waals surface area contributed by atoms with Gasteiger partial charge in [-0.15, -0.1) is 11.3 Å². The third-order valence-electron chi connectivity index (χ3n) is 4.12. The predicted octanol–water partition coefficient (Wildman–Crippen LogP) is 5.36. The van der Waals surface area contributed by atoms with Crippen molar-refractivity contribution in [2.24, 2.45) is 0 Å². The SMILES string of the molecule is Cc1nc(C)c(C(=O)N(Cc2ccccc2)c2nc3c(F)cccc3s2)s1. The molecule has 0 bridgehead atoms. The molecular formula is C20H16FN3OS2. The molecule has 2 aromatic heterocycles. The number of hydrogen-bond donors (Lipinski definition) is 0. The number of thiazole rings is 2. The van der Waals surface area contributed by atoms with E-state index in [4.69, 9.17) is 0 Å². The summed E-state index contributed by atoms with van der Waals surface area (Å²) in [7, 11) is 0. The van der Waals surface area contributed by atoms with Crippen molar-refractivity contribution in [1.82, 2.24) is 9.97 Å². The highest BCUT2D eigenvalue weighted by Crippen LogP contribution is 2.33. The van der Waals surface area contributed by atoms with Crippen LogP contribution in [0.15, 0.2) is 48.5 Å². The van der Waals surface area contributed by atoms with Gasteiger partial charge in [0.15, 0.2) is 5.13 Å². The molecule has 0 fully saturated rings. The van der Waals surface area contributed by atoms with Crippen molar-refractivity contribution in [3.05, 3.63) is 75.5 Å². The molecular weight excluding hydrogens is 381 g/mol. The van der Waals surface area contributed by atoms with E-state index in [0.29, 0.717) is 32.5 Å². The minimum Gasteiger partial charge on any atom is -0.279 e. The second-order valence-electron chi connectivity index (χ2n) is 6.11. The lowest BCUT2D eigenvalue weighted by Crippen LogP contribution is -2.30. The smallest absolute Gasteiger partial charge is 0.272 e. The Balaban J connectivity index is 1.80. The van der Waals surface area contributed by atoms with E-state index in [9.17, 15) is 9.18 Å². The third kappa shape index (κ3) is 3.48. The fourth-order valence-corrected chi connectivity index (χ4v) is 4.71. The zero-order chi connectivity index (χ0) is 19.0. The van der Waals surface area contributed by atoms with Crippen LogP contribution >= 0.6 is 22.7 Å². The maximum atomic E-state index is 14.1. The number of hydrogen-bond acceptors (Lipinski definition) is 5. The number of nitrogens with zero attached hydrogens (tertiary/aromatic N) is 3. The Morgan fingerprint density at radius 1 is 1.04 bits per heavy atom. The number of fused-ring (bicyclic) bond motifs is 1. The average molecular weight is 398 g/mol. The van der Waals surface area contributed by atoms with Crippen LogP contribution in [-0.4, -0.2) is 15.9 Å². The van der Waals surface area contributed by atoms with E-state index in [1.165, 1.54) is 28.7 Å². The van der Waals surface area contributed by atoms with Gasteiger partial charge in [-0.3, -0.25) is 9.69 Å². The first-order valence-corrected chi connectivity index (χ1v) is 10.0. The van der Waals surface area contributed by atoms with Crippen LogP contribution in [0.25, 0.3) is 10.2 Å². The second-order valence-corrected chi connectivity index (χ2v) is 8.32. The van der Waals surface area contributed by atoms with Gasteiger partial charge in [0.25, 0.3) is 5.91 Å². The molecule has 136 valence electrons. The first-order chi connectivity index (χ1) is 13.0. The molecule has 0 aliphatic heterocycles. The van der Waals surface area contributed by atoms with Crippen LogP contribution in [0.2, 0.25) is 0 Å². The van der Waals surface area contributed by atoms with Crippen molar-refractivity contribution in [3.63, 3.8) is 0 Å². The summed E-state index contributed by atoms with van der Waals surface area (Å²) in [6.07, 6.45) is 0. The number of carbonyl (C=O) groups excluding carboxylic acids is 1. The van der Waals surface area contributed by atoms with Crippen LogP contribution in [-0.2, 0) is 6.54 Å². The normalized spacial score (nSPS) is 11.1. The summed E-state index contributed by atoms with van der Waals surface area (Å²) < 4.78 is 14.8. The van der Waals surface area contributed by atoms with Gasteiger partial charge in [-0.05, 0) is 31.5 Å². The lowest BCUT2D eigenvalue weighted by atomic mass is 10.2. The number of aromatic nitrogens is 2. The maximum Gasteiger partial charge on any atom is 0.272 e. The summed E-state index contributed by atoms with van der Waals surface area (Å²) >= 11 is 2.68. The van der Waals surface area contributed by atoms with Crippen molar-refractivity contribution in [2.75, 3.05) is 4.90 Å². The van der Waals surface area contributed by atoms with Gasteiger partial charge in [0.05, 0.1) is 21.9 Å². The maximum absolute atomic E-state index is 14.1. The molecule has 4 rings (SSSR count). The second kappa shape index (κ2) is 7.17. The number of rotatable bonds is 4. The van der Waals surface area contributed by atoms with Gasteiger partial charge < -0.3 is 0 Å². The van der Waals surface area contributed by atoms with Gasteiger partial charge in [0.2, 0.25) is 0 Å². The van der Waals surface area contributed by atoms with E-state index < -0.39 is 0 Å². The molecule has 1 amide bonds. The number of halogens is 1. The number of aryl methyl sites for hydroxylation is 2. The molecule has 0 unspecified atom stereocenters. The number of carbonyl (C=O) groups is 1. The summed E-state index contributed by atoms with van der Waals surface area (Å²) in [6.45, 7) is 4.07. The molecule has 27 heavy (non-hydrogen) atoms. The van der Waals surface area contributed by atoms with Gasteiger partial charge >= 0.3 is 0 Å². The minimum atomic E-state index is -0.382. The summed E-state index contributed by atoms with van der Waals surface area (Å²) in [5.41, 5.74) is 1.97. The van der Waals surface area contributed by atoms with Crippen LogP contribution in [0, 0.1) is 19.7 Å². The topological polar surface area (TPSA) is 46.1 Å². The zero-order valence-electron chi connectivity index (χ0n) is 14.8. The molecule has 4 nitrogen and oxygen atoms in total. The van der Waals surface area contributed by atoms with Crippen molar-refractivity contribution >= 4 is 43.9 Å². The highest BCUT2D eigenvalue weighted by Gasteiger charge is 2.25. The van der Waals surface area contributed by atoms with E-state index in [2.05, 4.69) is 9.97 Å². The number of anilines is 1. The van der Waals surface area contributed by atoms with E-state index in [1.54, 1.807) is 11.0 Å². The van der Waals surface area contributed by atoms with Gasteiger partial charge in [-0.2, -0.15) is 0 Å². The Morgan fingerprint density at radius 3 is 2.48 bits per heavy atom. The van der Waals surface area contributed by atoms with Crippen LogP contribution in [0.1, 0.15) is 25.9 Å². The Labute approximate surface area is 163 Å². The van der Waals surface area contributed by atoms with Crippen LogP contribution in [0.5, 0.6) is 0 Å². The molecule has 0 spiro atoms. The molecule has 0 radical (unpaired) electrons. The molecule has 0 N–H and O–H groups in total. The van der Waals surface area contributed by atoms with E-state index >= 15 is 0 Å². The summed E-state index contributed by atoms with van der Waals surface area (Å²) in [5, 5.41) is 1.32. The molecule has 7 heteroatoms. The van der Waals surface area contributed by atoms with Gasteiger partial charge in [0, 0.05) is 0 Å². The lowest BCUT2D eigenvalue weighted by Gasteiger charge is -2.19. The summed E-state index contributed by atoms with van der Waals surface area (Å²) in [4.78, 5) is 24.3. The Bertz CT molecular complexity index is 1120. The number of benzene rings is 2. The number of para-hydroxylation sites is 1. The largest absolute Gasteiger partial charge is 0.279 e. The van der Waals surface area contributed by atoms with Crippen molar-refractivity contribution in [2.45, 2.75) is 20.4 Å². The fraction of sp³-hybridized carbons (Fsp3) is 0.150. The van der Waals surface area contributed by atoms with Crippen LogP contribution in [0.3, 0.4) is 0 Å². The molecule has 0 aliphatic rings. The van der Waals surface area contributed by atoms with E-state index in [0.717, 1.165) is 10.6 Å². The third-order valence-corrected chi connectivity index (χ3v) is 6.22. The van der Waals surface area contributed by atoms with Crippen LogP contribution in [0.4, 0.5) is 9.52 Å². The molecule has 2 heterocycles. The molecule has 0 saturated heterocycles. The predicted molar refractivity (Wildman–Crippen MR) is 108 cm³/mol. The zero-order valence-corrected chi connectivity index (χ0v) is 16.4. The summed E-state index contributed by atoms with van der Waals surface area (Å²) in [6, 6.07) is 14.5. The molecule has 0 aliphatic carbocycles. The molecule has 0 saturated carbocycles. The van der Waals surface area contributed by atoms with Crippen molar-refractivity contribution < 1.29 is 9.18 Å². The monoisotopic (exact) mass is 397 g/mol. The molecule has 0 atom stereocenters. The molecule has 2 aromatic carbocycles. The van der Waals surface area contributed by atoms with E-state index in [-0.39, 0.29) is 11.7 Å². The quantitative estimate of drug-likeness (QED) is 0.466. The Kier molecular flexibility index (Phi) is 4.72. The van der Waals surface area contributed by atoms with Gasteiger partial charge in [-0.1, -0.05) is 47.7 Å². The highest BCUT2D eigenvalue weighted by molar-refractivity contribution is 7.22. The average Bonchev–Trinajstić information content (AvgIpc) is 3.23. The van der Waals surface area contributed by atoms with Crippen molar-refractivity contribution in [3.8, 4) is 0 Å². The fourth-order valence-electron chi connectivity index (χ4n) is 2.86. The highest BCUT2D eigenvalue weighted by atomic mass is 32.1. The van der Waals surface area contributed by atoms with Crippen LogP contribution < -0.4 is 4.90 Å². The Hall–Kier alpha value is -2.64. The molecule has 4 aromatic rings. The van der Waals surface area contributed by atoms with Gasteiger partial charge in [-0.25, -0.2) is 14.4 Å². The Morgan fingerprint density at radius 2 is 1.81 bits per heavy atom. The van der Waals surface area contributed by atoms with E-state index in [1.807, 2.05) is 50.2 Å². The standard InChI is InChI=1S/C20H16FN3OS2/c1-12-18(26-13(2)22-12)19(25)24(11-14-7-4-3-5-8-14)20-23-17-15(21)9-6-10-16(17)27-20/h3-10H,11H2,1-2H3. The van der Waals surface area contributed by atoms with Gasteiger partial charge in [0.1, 0.15) is 16.2 Å². The first-order valence-electron chi connectivity index (χ1n) is 8.38. The first kappa shape index (κ1) is 17.8. The number of amides is 1. The summed E-state index contributed by atoms with van der Waals surface area (Å²) in [5.74, 6) is -0.548.